The molecule has 1 aromatic carbocycles. The molecule has 0 spiro atoms. The summed E-state index contributed by atoms with van der Waals surface area (Å²) < 4.78 is 1.34. The number of hydrogen-bond acceptors (Lipinski definition) is 3. The van der Waals surface area contributed by atoms with Gasteiger partial charge >= 0.3 is 5.69 Å². The number of rotatable bonds is 1. The molecule has 2 aromatic heterocycles. The van der Waals surface area contributed by atoms with E-state index in [4.69, 9.17) is 0 Å². The van der Waals surface area contributed by atoms with Crippen molar-refractivity contribution in [2.75, 3.05) is 0 Å². The molecule has 5 nitrogen and oxygen atoms in total. The number of nitrogens with one attached hydrogen (secondary N) is 1. The van der Waals surface area contributed by atoms with Crippen molar-refractivity contribution in [3.63, 3.8) is 0 Å². The van der Waals surface area contributed by atoms with Crippen molar-refractivity contribution in [1.29, 1.82) is 0 Å². The fourth-order valence-corrected chi connectivity index (χ4v) is 2.13. The average Bonchev–Trinajstić information content (AvgIpc) is 2.45. The van der Waals surface area contributed by atoms with E-state index in [1.807, 2.05) is 30.3 Å². The third kappa shape index (κ3) is 1.76. The van der Waals surface area contributed by atoms with Gasteiger partial charge in [-0.25, -0.2) is 9.78 Å². The number of aryl methyl sites for hydroxylation is 1. The number of fused-ring (bicyclic) bond motifs is 1. The molecule has 3 aromatic rings. The lowest BCUT2D eigenvalue weighted by atomic mass is 10.0. The molecule has 0 atom stereocenters. The number of aromatic amines is 1. The molecule has 0 aliphatic heterocycles. The molecule has 0 saturated carbocycles. The van der Waals surface area contributed by atoms with Crippen molar-refractivity contribution in [3.8, 4) is 11.1 Å². The van der Waals surface area contributed by atoms with Crippen LogP contribution in [-0.2, 0) is 7.05 Å². The summed E-state index contributed by atoms with van der Waals surface area (Å²) in [5.74, 6) is 0. The Kier molecular flexibility index (Phi) is 2.52. The molecule has 0 bridgehead atoms. The number of benzene rings is 1. The molecule has 0 aliphatic rings. The van der Waals surface area contributed by atoms with Gasteiger partial charge in [-0.2, -0.15) is 0 Å². The molecule has 5 heteroatoms. The minimum Gasteiger partial charge on any atom is -0.281 e. The van der Waals surface area contributed by atoms with Gasteiger partial charge in [0.05, 0.1) is 5.39 Å². The first-order valence-corrected chi connectivity index (χ1v) is 5.82. The molecule has 2 heterocycles. The first kappa shape index (κ1) is 11.4. The Balaban J connectivity index is 2.50. The van der Waals surface area contributed by atoms with Crippen molar-refractivity contribution in [1.82, 2.24) is 14.5 Å². The molecule has 0 saturated heterocycles. The maximum Gasteiger partial charge on any atom is 0.329 e. The Morgan fingerprint density at radius 1 is 1.11 bits per heavy atom. The minimum atomic E-state index is -0.463. The summed E-state index contributed by atoms with van der Waals surface area (Å²) in [6.45, 7) is 0. The summed E-state index contributed by atoms with van der Waals surface area (Å²) in [6.07, 6.45) is 1.60. The van der Waals surface area contributed by atoms with Gasteiger partial charge in [-0.05, 0) is 17.2 Å². The van der Waals surface area contributed by atoms with Crippen LogP contribution in [0.15, 0.2) is 52.2 Å². The Hall–Kier alpha value is -2.69. The minimum absolute atomic E-state index is 0.384. The van der Waals surface area contributed by atoms with Gasteiger partial charge in [0.15, 0.2) is 0 Å². The second-order valence-electron chi connectivity index (χ2n) is 4.24. The number of nitrogens with zero attached hydrogens (tertiary/aromatic N) is 2. The zero-order chi connectivity index (χ0) is 13.4. The van der Waals surface area contributed by atoms with E-state index in [9.17, 15) is 9.59 Å². The van der Waals surface area contributed by atoms with E-state index in [1.165, 1.54) is 4.57 Å². The Morgan fingerprint density at radius 3 is 2.58 bits per heavy atom. The van der Waals surface area contributed by atoms with Crippen LogP contribution in [0.5, 0.6) is 0 Å². The van der Waals surface area contributed by atoms with Gasteiger partial charge in [0.2, 0.25) is 0 Å². The zero-order valence-electron chi connectivity index (χ0n) is 10.3. The van der Waals surface area contributed by atoms with E-state index < -0.39 is 11.2 Å². The zero-order valence-corrected chi connectivity index (χ0v) is 10.3. The van der Waals surface area contributed by atoms with Crippen LogP contribution >= 0.6 is 0 Å². The Labute approximate surface area is 108 Å². The molecule has 19 heavy (non-hydrogen) atoms. The molecule has 94 valence electrons. The van der Waals surface area contributed by atoms with Crippen LogP contribution in [0.2, 0.25) is 0 Å². The van der Waals surface area contributed by atoms with Crippen LogP contribution in [0, 0.1) is 0 Å². The van der Waals surface area contributed by atoms with Gasteiger partial charge in [-0.1, -0.05) is 30.3 Å². The highest BCUT2D eigenvalue weighted by atomic mass is 16.2. The van der Waals surface area contributed by atoms with Gasteiger partial charge in [0, 0.05) is 13.2 Å². The second kappa shape index (κ2) is 4.20. The molecule has 0 amide bonds. The first-order chi connectivity index (χ1) is 9.18. The smallest absolute Gasteiger partial charge is 0.281 e. The predicted molar refractivity (Wildman–Crippen MR) is 73.0 cm³/mol. The molecule has 3 rings (SSSR count). The topological polar surface area (TPSA) is 67.8 Å². The molecule has 0 aliphatic carbocycles. The lowest BCUT2D eigenvalue weighted by Gasteiger charge is -2.07. The van der Waals surface area contributed by atoms with E-state index in [2.05, 4.69) is 9.97 Å². The quantitative estimate of drug-likeness (QED) is 0.710. The van der Waals surface area contributed by atoms with Crippen molar-refractivity contribution < 1.29 is 0 Å². The number of aromatic nitrogens is 3. The van der Waals surface area contributed by atoms with E-state index in [0.717, 1.165) is 11.1 Å². The van der Waals surface area contributed by atoms with E-state index >= 15 is 0 Å². The van der Waals surface area contributed by atoms with Gasteiger partial charge in [0.1, 0.15) is 5.65 Å². The summed E-state index contributed by atoms with van der Waals surface area (Å²) in [5.41, 5.74) is 1.19. The van der Waals surface area contributed by atoms with Crippen LogP contribution in [0.25, 0.3) is 22.2 Å². The van der Waals surface area contributed by atoms with Crippen LogP contribution in [-0.4, -0.2) is 14.5 Å². The highest BCUT2D eigenvalue weighted by molar-refractivity contribution is 5.91. The molecule has 0 unspecified atom stereocenters. The number of H-pyrrole nitrogens is 1. The van der Waals surface area contributed by atoms with Crippen LogP contribution < -0.4 is 11.2 Å². The molecular formula is C14H11N3O2. The van der Waals surface area contributed by atoms with Crippen LogP contribution in [0.4, 0.5) is 0 Å². The van der Waals surface area contributed by atoms with E-state index in [0.29, 0.717) is 11.0 Å². The SMILES string of the molecule is Cn1c(=O)[nH]c(=O)c2c(-c3ccccc3)ccnc21. The average molecular weight is 253 g/mol. The summed E-state index contributed by atoms with van der Waals surface area (Å²) in [5, 5.41) is 0.427. The van der Waals surface area contributed by atoms with E-state index in [1.54, 1.807) is 19.3 Å². The Morgan fingerprint density at radius 2 is 1.84 bits per heavy atom. The second-order valence-corrected chi connectivity index (χ2v) is 4.24. The van der Waals surface area contributed by atoms with Gasteiger partial charge in [-0.15, -0.1) is 0 Å². The summed E-state index contributed by atoms with van der Waals surface area (Å²) >= 11 is 0. The summed E-state index contributed by atoms with van der Waals surface area (Å²) in [4.78, 5) is 30.0. The fourth-order valence-electron chi connectivity index (χ4n) is 2.13. The first-order valence-electron chi connectivity index (χ1n) is 5.82. The van der Waals surface area contributed by atoms with Crippen molar-refractivity contribution in [2.45, 2.75) is 0 Å². The molecule has 0 fully saturated rings. The van der Waals surface area contributed by atoms with Crippen molar-refractivity contribution in [2.24, 2.45) is 7.05 Å². The third-order valence-electron chi connectivity index (χ3n) is 3.09. The maximum absolute atomic E-state index is 12.0. The van der Waals surface area contributed by atoms with Gasteiger partial charge < -0.3 is 0 Å². The van der Waals surface area contributed by atoms with Crippen molar-refractivity contribution in [3.05, 3.63) is 63.4 Å². The lowest BCUT2D eigenvalue weighted by Crippen LogP contribution is -2.29. The maximum atomic E-state index is 12.0. The standard InChI is InChI=1S/C14H11N3O2/c1-17-12-11(13(18)16-14(17)19)10(7-8-15-12)9-5-3-2-4-6-9/h2-8H,1H3,(H,16,18,19). The molecular weight excluding hydrogens is 242 g/mol. The largest absolute Gasteiger partial charge is 0.329 e. The molecule has 0 radical (unpaired) electrons. The highest BCUT2D eigenvalue weighted by Gasteiger charge is 2.11. The summed E-state index contributed by atoms with van der Waals surface area (Å²) in [7, 11) is 1.59. The lowest BCUT2D eigenvalue weighted by molar-refractivity contribution is 0.829. The van der Waals surface area contributed by atoms with Gasteiger partial charge in [-0.3, -0.25) is 14.3 Å². The highest BCUT2D eigenvalue weighted by Crippen LogP contribution is 2.23. The van der Waals surface area contributed by atoms with Crippen LogP contribution in [0.3, 0.4) is 0 Å². The number of hydrogen-bond donors (Lipinski definition) is 1. The normalized spacial score (nSPS) is 10.8. The van der Waals surface area contributed by atoms with Crippen molar-refractivity contribution >= 4 is 11.0 Å². The van der Waals surface area contributed by atoms with Crippen LogP contribution in [0.1, 0.15) is 0 Å². The number of pyridine rings is 1. The van der Waals surface area contributed by atoms with E-state index in [-0.39, 0.29) is 0 Å². The van der Waals surface area contributed by atoms with Gasteiger partial charge in [0.25, 0.3) is 5.56 Å². The Bertz CT molecular complexity index is 863. The monoisotopic (exact) mass is 253 g/mol. The molecule has 1 N–H and O–H groups in total. The predicted octanol–water partition coefficient (Wildman–Crippen LogP) is 1.29. The summed E-state index contributed by atoms with van der Waals surface area (Å²) in [6, 6.07) is 11.3. The third-order valence-corrected chi connectivity index (χ3v) is 3.09. The fraction of sp³-hybridized carbons (Fsp3) is 0.0714.